The molecule has 0 saturated heterocycles. The number of aromatic amines is 1. The summed E-state index contributed by atoms with van der Waals surface area (Å²) in [5.74, 6) is 1.46. The Bertz CT molecular complexity index is 1660. The molecule has 1 aromatic heterocycles. The molecule has 4 nitrogen and oxygen atoms in total. The molecule has 0 spiro atoms. The summed E-state index contributed by atoms with van der Waals surface area (Å²) in [6.07, 6.45) is 4.34. The van der Waals surface area contributed by atoms with Gasteiger partial charge < -0.3 is 14.5 Å². The van der Waals surface area contributed by atoms with Crippen molar-refractivity contribution < 1.29 is 17.0 Å². The first-order valence-electron chi connectivity index (χ1n) is 12.6. The van der Waals surface area contributed by atoms with Crippen molar-refractivity contribution in [3.05, 3.63) is 120 Å². The van der Waals surface area contributed by atoms with Gasteiger partial charge in [-0.25, -0.2) is 0 Å². The molecule has 0 fully saturated rings. The highest BCUT2D eigenvalue weighted by atomic mass is 16.5. The summed E-state index contributed by atoms with van der Waals surface area (Å²) >= 11 is 0. The number of ether oxygens (including phenoxy) is 1. The number of rotatable bonds is 5. The fourth-order valence-electron chi connectivity index (χ4n) is 4.19. The number of H-pyrrole nitrogens is 1. The Morgan fingerprint density at radius 3 is 2.29 bits per heavy atom. The minimum absolute atomic E-state index is 0.410. The molecule has 170 valence electrons. The first kappa shape index (κ1) is 18.8. The lowest BCUT2D eigenvalue weighted by molar-refractivity contribution is -0.357. The molecule has 0 aliphatic carbocycles. The van der Waals surface area contributed by atoms with Crippen LogP contribution < -0.4 is 15.0 Å². The molecule has 5 aromatic rings. The van der Waals surface area contributed by atoms with Crippen LogP contribution in [0.2, 0.25) is 2.82 Å². The van der Waals surface area contributed by atoms with Crippen LogP contribution in [0.3, 0.4) is 0 Å². The molecule has 0 bridgehead atoms. The Labute approximate surface area is 207 Å². The topological polar surface area (TPSA) is 48.5 Å². The molecule has 4 aromatic carbocycles. The quantitative estimate of drug-likeness (QED) is 0.293. The van der Waals surface area contributed by atoms with Crippen LogP contribution in [0.15, 0.2) is 119 Å². The lowest BCUT2D eigenvalue weighted by atomic mass is 10.1. The van der Waals surface area contributed by atoms with Crippen LogP contribution in [0.25, 0.3) is 39.4 Å². The van der Waals surface area contributed by atoms with Gasteiger partial charge in [0.15, 0.2) is 13.0 Å². The van der Waals surface area contributed by atoms with Crippen LogP contribution in [0.5, 0.6) is 5.75 Å². The number of fused-ring (bicyclic) bond motifs is 2. The molecule has 0 saturated carbocycles. The summed E-state index contributed by atoms with van der Waals surface area (Å²) in [4.78, 5) is 1.31. The van der Waals surface area contributed by atoms with Crippen molar-refractivity contribution in [2.45, 2.75) is 13.3 Å². The van der Waals surface area contributed by atoms with E-state index in [0.717, 1.165) is 27.8 Å². The fourth-order valence-corrected chi connectivity index (χ4v) is 4.19. The van der Waals surface area contributed by atoms with Gasteiger partial charge in [-0.15, -0.1) is 0 Å². The second-order valence-electron chi connectivity index (χ2n) is 8.42. The Kier molecular flexibility index (Phi) is 4.83. The normalized spacial score (nSPS) is 15.2. The van der Waals surface area contributed by atoms with Crippen molar-refractivity contribution in [1.29, 1.82) is 0 Å². The molecule has 2 heterocycles. The van der Waals surface area contributed by atoms with E-state index in [-0.39, 0.29) is 0 Å². The standard InChI is InChI=1S/C31H24N2O2/c1-2-21(17-30-32-26-15-13-25(20-29(26)35-30)23-11-7-4-8-12-23)18-31-33-27-19-24(14-16-28(27)34-31)22-9-5-3-6-10-22/h3-20,32H,2H2,1H3/p+1/b21-18+,30-17+/i/hD2. The highest BCUT2D eigenvalue weighted by molar-refractivity contribution is 5.78. The maximum atomic E-state index is 8.66. The van der Waals surface area contributed by atoms with Gasteiger partial charge in [0.25, 0.3) is 0 Å². The van der Waals surface area contributed by atoms with Gasteiger partial charge in [-0.05, 0) is 52.4 Å². The Morgan fingerprint density at radius 1 is 0.886 bits per heavy atom. The van der Waals surface area contributed by atoms with Gasteiger partial charge in [-0.2, -0.15) is 4.98 Å². The predicted octanol–water partition coefficient (Wildman–Crippen LogP) is 7.72. The van der Waals surface area contributed by atoms with Crippen LogP contribution in [0.1, 0.15) is 19.2 Å². The van der Waals surface area contributed by atoms with Gasteiger partial charge in [0.1, 0.15) is 0 Å². The molecule has 2 N–H and O–H groups in total. The first-order valence-corrected chi connectivity index (χ1v) is 11.7. The van der Waals surface area contributed by atoms with Gasteiger partial charge in [0.05, 0.1) is 11.8 Å². The summed E-state index contributed by atoms with van der Waals surface area (Å²) in [6.45, 7) is 2.03. The average molecular weight is 460 g/mol. The summed E-state index contributed by atoms with van der Waals surface area (Å²) < 4.78 is 29.3. The molecule has 0 radical (unpaired) electrons. The van der Waals surface area contributed by atoms with Crippen LogP contribution >= 0.6 is 0 Å². The van der Waals surface area contributed by atoms with E-state index in [0.29, 0.717) is 40.7 Å². The maximum Gasteiger partial charge on any atom is 0.458 e. The lowest BCUT2D eigenvalue weighted by Gasteiger charge is -2.03. The zero-order valence-electron chi connectivity index (χ0n) is 21.3. The summed E-state index contributed by atoms with van der Waals surface area (Å²) in [7, 11) is 0. The monoisotopic (exact) mass is 459 g/mol. The van der Waals surface area contributed by atoms with Crippen LogP contribution in [-0.4, -0.2) is 0 Å². The molecule has 1 aliphatic heterocycles. The van der Waals surface area contributed by atoms with Crippen LogP contribution in [0, 0.1) is 0 Å². The summed E-state index contributed by atoms with van der Waals surface area (Å²) in [5.41, 5.74) is 7.15. The second-order valence-corrected chi connectivity index (χ2v) is 8.42. The molecule has 0 atom stereocenters. The van der Waals surface area contributed by atoms with Crippen LogP contribution in [-0.2, 0) is 0 Å². The molecule has 1 aliphatic rings. The van der Waals surface area contributed by atoms with Crippen molar-refractivity contribution in [2.75, 3.05) is 5.31 Å². The van der Waals surface area contributed by atoms with E-state index in [2.05, 4.69) is 12.1 Å². The molecular formula is C31H25N2O2+. The van der Waals surface area contributed by atoms with Gasteiger partial charge in [-0.1, -0.05) is 79.7 Å². The zero-order valence-corrected chi connectivity index (χ0v) is 19.3. The van der Waals surface area contributed by atoms with Crippen molar-refractivity contribution >= 4 is 22.9 Å². The maximum absolute atomic E-state index is 8.66. The third-order valence-corrected chi connectivity index (χ3v) is 6.05. The molecule has 0 unspecified atom stereocenters. The van der Waals surface area contributed by atoms with Gasteiger partial charge in [0.2, 0.25) is 11.1 Å². The van der Waals surface area contributed by atoms with Gasteiger partial charge in [-0.3, -0.25) is 0 Å². The zero-order chi connectivity index (χ0) is 25.4. The predicted molar refractivity (Wildman–Crippen MR) is 141 cm³/mol. The summed E-state index contributed by atoms with van der Waals surface area (Å²) in [6, 6.07) is 31.9. The number of benzene rings is 4. The van der Waals surface area contributed by atoms with Gasteiger partial charge >= 0.3 is 7.30 Å². The molecule has 4 heteroatoms. The number of aromatic nitrogens is 1. The number of anilines is 1. The number of allylic oxidation sites excluding steroid dienone is 2. The van der Waals surface area contributed by atoms with E-state index in [9.17, 15) is 0 Å². The van der Waals surface area contributed by atoms with E-state index in [4.69, 9.17) is 12.0 Å². The third kappa shape index (κ3) is 4.34. The van der Waals surface area contributed by atoms with Gasteiger partial charge in [0, 0.05) is 12.1 Å². The number of nitrogens with one attached hydrogen (secondary N) is 2. The van der Waals surface area contributed by atoms with Crippen molar-refractivity contribution in [2.24, 2.45) is 0 Å². The third-order valence-electron chi connectivity index (χ3n) is 6.05. The highest BCUT2D eigenvalue weighted by Gasteiger charge is 2.18. The smallest absolute Gasteiger partial charge is 0.439 e. The molecular weight excluding hydrogens is 432 g/mol. The number of oxazole rings is 1. The SMILES string of the molecule is [2H]N1/C(=C\C(=C\c2oc3ccc(-c4ccccc4)cc3[n+]2[2H])CC)Oc2cc(-c3ccccc3)ccc21. The second kappa shape index (κ2) is 8.99. The molecule has 0 amide bonds. The lowest BCUT2D eigenvalue weighted by Crippen LogP contribution is -2.02. The van der Waals surface area contributed by atoms with Crippen molar-refractivity contribution in [3.63, 3.8) is 0 Å². The Hall–Kier alpha value is -4.57. The number of hydrogen-bond acceptors (Lipinski definition) is 3. The van der Waals surface area contributed by atoms with E-state index in [1.54, 1.807) is 0 Å². The molecule has 35 heavy (non-hydrogen) atoms. The minimum Gasteiger partial charge on any atom is -0.439 e. The Morgan fingerprint density at radius 2 is 1.57 bits per heavy atom. The minimum atomic E-state index is 0.410. The fraction of sp³-hybridized carbons (Fsp3) is 0.0645. The van der Waals surface area contributed by atoms with E-state index in [1.807, 2.05) is 104 Å². The number of hydrogen-bond donors (Lipinski definition) is 1. The van der Waals surface area contributed by atoms with Crippen molar-refractivity contribution in [3.8, 4) is 28.0 Å². The molecule has 6 rings (SSSR count). The van der Waals surface area contributed by atoms with E-state index in [1.165, 1.54) is 10.3 Å². The Balaban J connectivity index is 1.31. The first-order chi connectivity index (χ1) is 18.1. The van der Waals surface area contributed by atoms with Crippen molar-refractivity contribution in [1.82, 2.24) is 0 Å². The van der Waals surface area contributed by atoms with Crippen LogP contribution in [0.4, 0.5) is 5.69 Å². The average Bonchev–Trinajstić information content (AvgIpc) is 3.43. The summed E-state index contributed by atoms with van der Waals surface area (Å²) in [5, 5.41) is 1.30. The van der Waals surface area contributed by atoms with E-state index < -0.39 is 0 Å². The highest BCUT2D eigenvalue weighted by Crippen LogP contribution is 2.37. The largest absolute Gasteiger partial charge is 0.458 e. The van der Waals surface area contributed by atoms with E-state index >= 15 is 0 Å².